The first-order valence-corrected chi connectivity index (χ1v) is 7.35. The summed E-state index contributed by atoms with van der Waals surface area (Å²) in [6.45, 7) is 4.10. The van der Waals surface area contributed by atoms with Crippen LogP contribution in [0.3, 0.4) is 0 Å². The molecule has 4 heteroatoms. The molecular weight excluding hydrogens is 266 g/mol. The van der Waals surface area contributed by atoms with Gasteiger partial charge in [0.05, 0.1) is 6.61 Å². The lowest BCUT2D eigenvalue weighted by Crippen LogP contribution is -2.33. The van der Waals surface area contributed by atoms with Crippen LogP contribution in [0.25, 0.3) is 0 Å². The van der Waals surface area contributed by atoms with Crippen LogP contribution in [0, 0.1) is 0 Å². The van der Waals surface area contributed by atoms with E-state index in [9.17, 15) is 0 Å². The van der Waals surface area contributed by atoms with Crippen LogP contribution in [0.15, 0.2) is 42.7 Å². The quantitative estimate of drug-likeness (QED) is 0.604. The molecule has 1 aliphatic heterocycles. The molecule has 0 saturated carbocycles. The summed E-state index contributed by atoms with van der Waals surface area (Å²) in [5, 5.41) is 0. The number of hydrogen-bond donors (Lipinski definition) is 0. The van der Waals surface area contributed by atoms with E-state index >= 15 is 0 Å². The van der Waals surface area contributed by atoms with Crippen LogP contribution in [0.5, 0.6) is 17.2 Å². The average Bonchev–Trinajstić information content (AvgIpc) is 3.00. The van der Waals surface area contributed by atoms with E-state index in [-0.39, 0.29) is 0 Å². The molecule has 0 fully saturated rings. The number of hydrogen-bond acceptors (Lipinski definition) is 3. The molecule has 0 N–H and O–H groups in total. The zero-order valence-corrected chi connectivity index (χ0v) is 12.2. The van der Waals surface area contributed by atoms with Crippen LogP contribution in [-0.2, 0) is 13.0 Å². The first-order chi connectivity index (χ1) is 10.3. The van der Waals surface area contributed by atoms with E-state index in [1.165, 1.54) is 5.56 Å². The summed E-state index contributed by atoms with van der Waals surface area (Å²) >= 11 is 0. The van der Waals surface area contributed by atoms with Gasteiger partial charge in [0.15, 0.2) is 30.4 Å². The Morgan fingerprint density at radius 3 is 2.71 bits per heavy atom. The monoisotopic (exact) mass is 286 g/mol. The summed E-state index contributed by atoms with van der Waals surface area (Å²) in [6.07, 6.45) is 6.29. The number of ether oxygens (including phenoxy) is 3. The van der Waals surface area contributed by atoms with Gasteiger partial charge in [0.1, 0.15) is 5.75 Å². The van der Waals surface area contributed by atoms with Gasteiger partial charge in [-0.3, -0.25) is 0 Å². The molecule has 1 aromatic carbocycles. The molecule has 1 aliphatic rings. The Kier molecular flexibility index (Phi) is 4.24. The third kappa shape index (κ3) is 3.45. The summed E-state index contributed by atoms with van der Waals surface area (Å²) < 4.78 is 18.5. The lowest BCUT2D eigenvalue weighted by Gasteiger charge is -2.05. The molecule has 0 bridgehead atoms. The summed E-state index contributed by atoms with van der Waals surface area (Å²) in [5.41, 5.74) is 1.36. The number of aryl methyl sites for hydroxylation is 2. The van der Waals surface area contributed by atoms with Crippen LogP contribution in [0.4, 0.5) is 0 Å². The molecule has 2 aromatic rings. The SMILES string of the molecule is CCc1cc[n+](CCCOc2ccc3c(c2)OCO3)cc1. The van der Waals surface area contributed by atoms with Crippen molar-refractivity contribution in [2.75, 3.05) is 13.4 Å². The van der Waals surface area contributed by atoms with Gasteiger partial charge in [0.25, 0.3) is 0 Å². The van der Waals surface area contributed by atoms with Crippen LogP contribution < -0.4 is 18.8 Å². The minimum absolute atomic E-state index is 0.295. The molecule has 3 rings (SSSR count). The highest BCUT2D eigenvalue weighted by Gasteiger charge is 2.13. The van der Waals surface area contributed by atoms with Crippen molar-refractivity contribution in [1.29, 1.82) is 0 Å². The lowest BCUT2D eigenvalue weighted by molar-refractivity contribution is -0.697. The third-order valence-electron chi connectivity index (χ3n) is 3.54. The van der Waals surface area contributed by atoms with E-state index in [2.05, 4.69) is 36.0 Å². The number of fused-ring (bicyclic) bond motifs is 1. The van der Waals surface area contributed by atoms with Gasteiger partial charge in [-0.05, 0) is 24.1 Å². The van der Waals surface area contributed by atoms with E-state index in [0.29, 0.717) is 13.4 Å². The standard InChI is InChI=1S/C17H20NO3/c1-2-14-6-9-18(10-7-14)8-3-11-19-15-4-5-16-17(12-15)21-13-20-16/h4-7,9-10,12H,2-3,8,11,13H2,1H3/q+1. The van der Waals surface area contributed by atoms with E-state index in [1.54, 1.807) is 0 Å². The molecule has 110 valence electrons. The maximum atomic E-state index is 5.75. The van der Waals surface area contributed by atoms with E-state index < -0.39 is 0 Å². The maximum Gasteiger partial charge on any atom is 0.231 e. The molecule has 0 radical (unpaired) electrons. The second-order valence-corrected chi connectivity index (χ2v) is 5.01. The Labute approximate surface area is 124 Å². The second kappa shape index (κ2) is 6.48. The molecule has 0 aliphatic carbocycles. The minimum atomic E-state index is 0.295. The Bertz CT molecular complexity index is 595. The van der Waals surface area contributed by atoms with E-state index in [1.807, 2.05) is 18.2 Å². The van der Waals surface area contributed by atoms with Crippen molar-refractivity contribution in [1.82, 2.24) is 0 Å². The topological polar surface area (TPSA) is 31.6 Å². The zero-order valence-electron chi connectivity index (χ0n) is 12.2. The van der Waals surface area contributed by atoms with Crippen molar-refractivity contribution in [3.8, 4) is 17.2 Å². The number of benzene rings is 1. The first kappa shape index (κ1) is 13.7. The Hall–Kier alpha value is -2.23. The number of aromatic nitrogens is 1. The summed E-state index contributed by atoms with van der Waals surface area (Å²) in [4.78, 5) is 0. The van der Waals surface area contributed by atoms with Gasteiger partial charge in [-0.2, -0.15) is 0 Å². The zero-order chi connectivity index (χ0) is 14.5. The molecule has 1 aromatic heterocycles. The normalized spacial score (nSPS) is 12.4. The molecule has 21 heavy (non-hydrogen) atoms. The van der Waals surface area contributed by atoms with E-state index in [0.717, 1.165) is 36.6 Å². The molecule has 0 spiro atoms. The van der Waals surface area contributed by atoms with Crippen LogP contribution >= 0.6 is 0 Å². The fourth-order valence-corrected chi connectivity index (χ4v) is 2.28. The highest BCUT2D eigenvalue weighted by molar-refractivity contribution is 5.46. The minimum Gasteiger partial charge on any atom is -0.493 e. The van der Waals surface area contributed by atoms with Gasteiger partial charge < -0.3 is 14.2 Å². The molecule has 0 atom stereocenters. The van der Waals surface area contributed by atoms with E-state index in [4.69, 9.17) is 14.2 Å². The lowest BCUT2D eigenvalue weighted by atomic mass is 10.2. The molecule has 4 nitrogen and oxygen atoms in total. The average molecular weight is 286 g/mol. The Morgan fingerprint density at radius 2 is 1.90 bits per heavy atom. The number of rotatable bonds is 6. The van der Waals surface area contributed by atoms with Crippen molar-refractivity contribution in [3.63, 3.8) is 0 Å². The fourth-order valence-electron chi connectivity index (χ4n) is 2.28. The number of nitrogens with zero attached hydrogens (tertiary/aromatic N) is 1. The predicted octanol–water partition coefficient (Wildman–Crippen LogP) is 2.73. The van der Waals surface area contributed by atoms with Gasteiger partial charge in [-0.1, -0.05) is 6.92 Å². The van der Waals surface area contributed by atoms with Gasteiger partial charge >= 0.3 is 0 Å². The van der Waals surface area contributed by atoms with Crippen molar-refractivity contribution in [2.24, 2.45) is 0 Å². The molecule has 2 heterocycles. The van der Waals surface area contributed by atoms with Crippen LogP contribution in [0.2, 0.25) is 0 Å². The number of pyridine rings is 1. The Balaban J connectivity index is 1.45. The predicted molar refractivity (Wildman–Crippen MR) is 78.7 cm³/mol. The van der Waals surface area contributed by atoms with Gasteiger partial charge in [0.2, 0.25) is 6.79 Å². The largest absolute Gasteiger partial charge is 0.493 e. The molecule has 0 amide bonds. The van der Waals surface area contributed by atoms with Crippen LogP contribution in [-0.4, -0.2) is 13.4 Å². The summed E-state index contributed by atoms with van der Waals surface area (Å²) in [5.74, 6) is 2.37. The van der Waals surface area contributed by atoms with Gasteiger partial charge in [-0.25, -0.2) is 4.57 Å². The molecule has 0 unspecified atom stereocenters. The van der Waals surface area contributed by atoms with Crippen LogP contribution in [0.1, 0.15) is 18.9 Å². The molecular formula is C17H20NO3+. The summed E-state index contributed by atoms with van der Waals surface area (Å²) in [7, 11) is 0. The van der Waals surface area contributed by atoms with Gasteiger partial charge in [-0.15, -0.1) is 0 Å². The smallest absolute Gasteiger partial charge is 0.231 e. The molecule has 0 saturated heterocycles. The second-order valence-electron chi connectivity index (χ2n) is 5.01. The maximum absolute atomic E-state index is 5.75. The van der Waals surface area contributed by atoms with Gasteiger partial charge in [0, 0.05) is 24.6 Å². The highest BCUT2D eigenvalue weighted by atomic mass is 16.7. The fraction of sp³-hybridized carbons (Fsp3) is 0.353. The van der Waals surface area contributed by atoms with Crippen molar-refractivity contribution in [2.45, 2.75) is 26.3 Å². The van der Waals surface area contributed by atoms with Crippen molar-refractivity contribution < 1.29 is 18.8 Å². The summed E-state index contributed by atoms with van der Waals surface area (Å²) in [6, 6.07) is 10.0. The Morgan fingerprint density at radius 1 is 1.10 bits per heavy atom. The third-order valence-corrected chi connectivity index (χ3v) is 3.54. The van der Waals surface area contributed by atoms with Crippen molar-refractivity contribution in [3.05, 3.63) is 48.3 Å². The van der Waals surface area contributed by atoms with Crippen molar-refractivity contribution >= 4 is 0 Å². The first-order valence-electron chi connectivity index (χ1n) is 7.35. The highest BCUT2D eigenvalue weighted by Crippen LogP contribution is 2.35.